The number of hydrogen-bond acceptors (Lipinski definition) is 2. The third kappa shape index (κ3) is 6.04. The van der Waals surface area contributed by atoms with E-state index >= 15 is 0 Å². The van der Waals surface area contributed by atoms with Crippen molar-refractivity contribution in [2.24, 2.45) is 0 Å². The number of nitrogens with zero attached hydrogens (tertiary/aromatic N) is 1. The van der Waals surface area contributed by atoms with Gasteiger partial charge >= 0.3 is 0 Å². The second-order valence-corrected chi connectivity index (χ2v) is 12.6. The van der Waals surface area contributed by atoms with E-state index in [1.807, 2.05) is 12.1 Å². The van der Waals surface area contributed by atoms with Gasteiger partial charge in [-0.25, -0.2) is 0 Å². The molecule has 2 aromatic rings. The fourth-order valence-electron chi connectivity index (χ4n) is 2.68. The minimum atomic E-state index is -1.14. The molecule has 0 aliphatic rings. The molecule has 0 aliphatic carbocycles. The first-order valence-corrected chi connectivity index (χ1v) is 11.7. The highest BCUT2D eigenvalue weighted by Crippen LogP contribution is 2.13. The van der Waals surface area contributed by atoms with Crippen molar-refractivity contribution in [3.63, 3.8) is 0 Å². The van der Waals surface area contributed by atoms with Crippen molar-refractivity contribution >= 4 is 8.07 Å². The van der Waals surface area contributed by atoms with Gasteiger partial charge in [0.05, 0.1) is 8.07 Å². The molecule has 0 saturated heterocycles. The maximum absolute atomic E-state index is 9.38. The maximum Gasteiger partial charge on any atom is 0.115 e. The number of benzene rings is 2. The average molecular weight is 314 g/mol. The second-order valence-electron chi connectivity index (χ2n) is 7.17. The Labute approximate surface area is 135 Å². The predicted octanol–water partition coefficient (Wildman–Crippen LogP) is 4.31. The Kier molecular flexibility index (Phi) is 5.81. The van der Waals surface area contributed by atoms with Crippen molar-refractivity contribution in [2.75, 3.05) is 12.7 Å². The summed E-state index contributed by atoms with van der Waals surface area (Å²) in [5, 5.41) is 9.38. The van der Waals surface area contributed by atoms with Crippen LogP contribution in [-0.4, -0.2) is 30.8 Å². The summed E-state index contributed by atoms with van der Waals surface area (Å²) in [4.78, 5) is 2.58. The van der Waals surface area contributed by atoms with Gasteiger partial charge in [0.15, 0.2) is 0 Å². The largest absolute Gasteiger partial charge is 0.508 e. The number of rotatable bonds is 7. The zero-order chi connectivity index (χ0) is 16.0. The van der Waals surface area contributed by atoms with E-state index in [-0.39, 0.29) is 0 Å². The molecule has 2 nitrogen and oxygen atoms in total. The number of phenolic OH excluding ortho intramolecular Hbond substituents is 1. The highest BCUT2D eigenvalue weighted by molar-refractivity contribution is 6.76. The van der Waals surface area contributed by atoms with Crippen molar-refractivity contribution < 1.29 is 5.11 Å². The molecule has 0 atom stereocenters. The van der Waals surface area contributed by atoms with Gasteiger partial charge in [-0.05, 0) is 35.8 Å². The molecule has 1 N–H and O–H groups in total. The van der Waals surface area contributed by atoms with Crippen LogP contribution in [0.25, 0.3) is 0 Å². The van der Waals surface area contributed by atoms with Gasteiger partial charge < -0.3 is 10.0 Å². The summed E-state index contributed by atoms with van der Waals surface area (Å²) in [6.07, 6.45) is 2.23. The van der Waals surface area contributed by atoms with Crippen molar-refractivity contribution in [2.45, 2.75) is 32.6 Å². The smallest absolute Gasteiger partial charge is 0.115 e. The van der Waals surface area contributed by atoms with Crippen LogP contribution in [0.5, 0.6) is 5.75 Å². The fraction of sp³-hybridized carbons (Fsp3) is 0.368. The van der Waals surface area contributed by atoms with Crippen LogP contribution in [0.1, 0.15) is 11.1 Å². The highest BCUT2D eigenvalue weighted by Gasteiger charge is 2.18. The second kappa shape index (κ2) is 7.61. The first-order valence-electron chi connectivity index (χ1n) is 7.97. The minimum absolute atomic E-state index is 0.340. The molecule has 0 amide bonds. The van der Waals surface area contributed by atoms with E-state index in [0.717, 1.165) is 19.5 Å². The standard InChI is InChI=1S/C19H27NOSi/c1-22(2,3)16-20(15-18-7-5-4-6-8-18)14-13-17-9-11-19(21)12-10-17/h4-12,21H,13-16H2,1-3H3. The molecule has 22 heavy (non-hydrogen) atoms. The van der Waals surface area contributed by atoms with Gasteiger partial charge in [0, 0.05) is 13.1 Å². The monoisotopic (exact) mass is 313 g/mol. The van der Waals surface area contributed by atoms with Crippen LogP contribution in [0.4, 0.5) is 0 Å². The SMILES string of the molecule is C[Si](C)(C)CN(CCc1ccc(O)cc1)Cc1ccccc1. The summed E-state index contributed by atoms with van der Waals surface area (Å²) in [5.74, 6) is 0.340. The van der Waals surface area contributed by atoms with E-state index in [1.165, 1.54) is 17.3 Å². The topological polar surface area (TPSA) is 23.5 Å². The summed E-state index contributed by atoms with van der Waals surface area (Å²) in [5.41, 5.74) is 2.66. The zero-order valence-electron chi connectivity index (χ0n) is 13.9. The number of phenols is 1. The molecule has 0 unspecified atom stereocenters. The molecule has 0 fully saturated rings. The summed E-state index contributed by atoms with van der Waals surface area (Å²) in [7, 11) is -1.14. The van der Waals surface area contributed by atoms with Crippen LogP contribution in [0.3, 0.4) is 0 Å². The Hall–Kier alpha value is -1.58. The molecule has 0 aromatic heterocycles. The van der Waals surface area contributed by atoms with E-state index in [2.05, 4.69) is 54.9 Å². The van der Waals surface area contributed by atoms with Gasteiger partial charge in [0.1, 0.15) is 5.75 Å². The molecule has 2 aromatic carbocycles. The zero-order valence-corrected chi connectivity index (χ0v) is 14.9. The molecule has 0 aliphatic heterocycles. The van der Waals surface area contributed by atoms with Gasteiger partial charge in [-0.1, -0.05) is 62.1 Å². The van der Waals surface area contributed by atoms with E-state index in [1.54, 1.807) is 12.1 Å². The van der Waals surface area contributed by atoms with Crippen LogP contribution in [0.15, 0.2) is 54.6 Å². The molecule has 3 heteroatoms. The van der Waals surface area contributed by atoms with Gasteiger partial charge in [-0.2, -0.15) is 0 Å². The van der Waals surface area contributed by atoms with Crippen molar-refractivity contribution in [3.05, 3.63) is 65.7 Å². The van der Waals surface area contributed by atoms with Crippen LogP contribution in [0.2, 0.25) is 19.6 Å². The molecule has 2 rings (SSSR count). The van der Waals surface area contributed by atoms with Crippen LogP contribution < -0.4 is 0 Å². The quantitative estimate of drug-likeness (QED) is 0.770. The lowest BCUT2D eigenvalue weighted by atomic mass is 10.1. The minimum Gasteiger partial charge on any atom is -0.508 e. The lowest BCUT2D eigenvalue weighted by Gasteiger charge is -2.29. The van der Waals surface area contributed by atoms with Crippen molar-refractivity contribution in [1.82, 2.24) is 4.90 Å². The van der Waals surface area contributed by atoms with E-state index < -0.39 is 8.07 Å². The van der Waals surface area contributed by atoms with Gasteiger partial charge in [0.2, 0.25) is 0 Å². The molecular formula is C19H27NOSi. The van der Waals surface area contributed by atoms with E-state index in [9.17, 15) is 5.11 Å². The fourth-order valence-corrected chi connectivity index (χ4v) is 4.29. The Morgan fingerprint density at radius 2 is 1.50 bits per heavy atom. The lowest BCUT2D eigenvalue weighted by Crippen LogP contribution is -2.40. The Morgan fingerprint density at radius 1 is 0.864 bits per heavy atom. The summed E-state index contributed by atoms with van der Waals surface area (Å²) in [6.45, 7) is 9.34. The third-order valence-electron chi connectivity index (χ3n) is 3.60. The van der Waals surface area contributed by atoms with Crippen LogP contribution >= 0.6 is 0 Å². The lowest BCUT2D eigenvalue weighted by molar-refractivity contribution is 0.308. The summed E-state index contributed by atoms with van der Waals surface area (Å²) < 4.78 is 0. The van der Waals surface area contributed by atoms with Gasteiger partial charge in [-0.3, -0.25) is 0 Å². The van der Waals surface area contributed by atoms with Gasteiger partial charge in [-0.15, -0.1) is 0 Å². The van der Waals surface area contributed by atoms with E-state index in [4.69, 9.17) is 0 Å². The summed E-state index contributed by atoms with van der Waals surface area (Å²) in [6, 6.07) is 18.3. The number of aromatic hydroxyl groups is 1. The summed E-state index contributed by atoms with van der Waals surface area (Å²) >= 11 is 0. The Morgan fingerprint density at radius 3 is 2.09 bits per heavy atom. The first kappa shape index (κ1) is 16.8. The molecule has 0 bridgehead atoms. The third-order valence-corrected chi connectivity index (χ3v) is 5.00. The van der Waals surface area contributed by atoms with Crippen molar-refractivity contribution in [3.8, 4) is 5.75 Å². The van der Waals surface area contributed by atoms with E-state index in [0.29, 0.717) is 5.75 Å². The molecule has 0 spiro atoms. The van der Waals surface area contributed by atoms with Crippen LogP contribution in [-0.2, 0) is 13.0 Å². The van der Waals surface area contributed by atoms with Crippen LogP contribution in [0, 0.1) is 0 Å². The molecular weight excluding hydrogens is 286 g/mol. The number of hydrogen-bond donors (Lipinski definition) is 1. The van der Waals surface area contributed by atoms with Gasteiger partial charge in [0.25, 0.3) is 0 Å². The highest BCUT2D eigenvalue weighted by atomic mass is 28.3. The molecule has 0 heterocycles. The van der Waals surface area contributed by atoms with Crippen molar-refractivity contribution in [1.29, 1.82) is 0 Å². The normalized spacial score (nSPS) is 11.8. The molecule has 118 valence electrons. The molecule has 0 saturated carbocycles. The predicted molar refractivity (Wildman–Crippen MR) is 96.9 cm³/mol. The Bertz CT molecular complexity index is 560. The first-order chi connectivity index (χ1) is 10.4. The molecule has 0 radical (unpaired) electrons. The maximum atomic E-state index is 9.38. The Balaban J connectivity index is 1.99. The average Bonchev–Trinajstić information content (AvgIpc) is 2.46.